The molecule has 0 radical (unpaired) electrons. The molecule has 2 aromatic carbocycles. The first-order valence-electron chi connectivity index (χ1n) is 10.3. The summed E-state index contributed by atoms with van der Waals surface area (Å²) < 4.78 is 5.36. The van der Waals surface area contributed by atoms with E-state index in [4.69, 9.17) is 16.0 Å². The third-order valence-corrected chi connectivity index (χ3v) is 5.59. The van der Waals surface area contributed by atoms with Crippen LogP contribution >= 0.6 is 11.6 Å². The molecule has 164 valence electrons. The molecule has 0 spiro atoms. The lowest BCUT2D eigenvalue weighted by Gasteiger charge is -2.20. The summed E-state index contributed by atoms with van der Waals surface area (Å²) in [5.74, 6) is -0.312. The highest BCUT2D eigenvalue weighted by molar-refractivity contribution is 6.30. The molecule has 0 aliphatic carbocycles. The maximum atomic E-state index is 13.2. The Bertz CT molecular complexity index is 1110. The van der Waals surface area contributed by atoms with Crippen LogP contribution in [-0.4, -0.2) is 28.8 Å². The first-order chi connectivity index (χ1) is 15.5. The van der Waals surface area contributed by atoms with E-state index >= 15 is 0 Å². The fourth-order valence-electron chi connectivity index (χ4n) is 3.62. The summed E-state index contributed by atoms with van der Waals surface area (Å²) >= 11 is 5.94. The van der Waals surface area contributed by atoms with Crippen molar-refractivity contribution in [3.8, 4) is 0 Å². The topological polar surface area (TPSA) is 82.9 Å². The number of carbonyl (C=O) groups excluding carboxylic acids is 3. The molecule has 1 aromatic heterocycles. The highest BCUT2D eigenvalue weighted by Gasteiger charge is 2.47. The molecule has 7 nitrogen and oxygen atoms in total. The predicted molar refractivity (Wildman–Crippen MR) is 121 cm³/mol. The largest absolute Gasteiger partial charge is 0.467 e. The normalized spacial score (nSPS) is 16.0. The Morgan fingerprint density at radius 1 is 1.06 bits per heavy atom. The summed E-state index contributed by atoms with van der Waals surface area (Å²) in [7, 11) is 0. The van der Waals surface area contributed by atoms with Crippen LogP contribution in [0.15, 0.2) is 71.3 Å². The van der Waals surface area contributed by atoms with Crippen LogP contribution < -0.4 is 10.2 Å². The van der Waals surface area contributed by atoms with Gasteiger partial charge in [-0.1, -0.05) is 30.7 Å². The Hall–Kier alpha value is -3.58. The standard InChI is InChI=1S/C24H22ClN3O4/c1-2-16-5-9-18(10-6-16)26-22(29)14-21-23(30)28(19-11-7-17(25)8-12-19)24(31)27(21)15-20-4-3-13-32-20/h3-13,21H,2,14-15H2,1H3,(H,26,29)/t21-/m0/s1. The highest BCUT2D eigenvalue weighted by atomic mass is 35.5. The molecule has 1 aliphatic rings. The number of anilines is 2. The average molecular weight is 452 g/mol. The number of benzene rings is 2. The van der Waals surface area contributed by atoms with Crippen molar-refractivity contribution < 1.29 is 18.8 Å². The van der Waals surface area contributed by atoms with E-state index in [1.165, 1.54) is 11.2 Å². The number of furan rings is 1. The van der Waals surface area contributed by atoms with E-state index in [0.717, 1.165) is 16.9 Å². The van der Waals surface area contributed by atoms with Gasteiger partial charge in [0.2, 0.25) is 5.91 Å². The average Bonchev–Trinajstić information content (AvgIpc) is 3.38. The Labute approximate surface area is 190 Å². The number of nitrogens with zero attached hydrogens (tertiary/aromatic N) is 2. The number of aryl methyl sites for hydroxylation is 1. The van der Waals surface area contributed by atoms with Crippen LogP contribution in [-0.2, 0) is 22.6 Å². The monoisotopic (exact) mass is 451 g/mol. The van der Waals surface area contributed by atoms with Gasteiger partial charge in [0.1, 0.15) is 11.8 Å². The minimum atomic E-state index is -0.960. The van der Waals surface area contributed by atoms with Crippen LogP contribution in [0.3, 0.4) is 0 Å². The molecule has 8 heteroatoms. The zero-order valence-electron chi connectivity index (χ0n) is 17.5. The zero-order valence-corrected chi connectivity index (χ0v) is 18.2. The lowest BCUT2D eigenvalue weighted by Crippen LogP contribution is -2.37. The number of urea groups is 1. The van der Waals surface area contributed by atoms with Crippen molar-refractivity contribution in [3.63, 3.8) is 0 Å². The molecule has 0 unspecified atom stereocenters. The second kappa shape index (κ2) is 9.28. The molecular weight excluding hydrogens is 430 g/mol. The first kappa shape index (κ1) is 21.6. The van der Waals surface area contributed by atoms with E-state index < -0.39 is 18.0 Å². The van der Waals surface area contributed by atoms with Crippen LogP contribution in [0, 0.1) is 0 Å². The van der Waals surface area contributed by atoms with Crippen LogP contribution in [0.1, 0.15) is 24.7 Å². The van der Waals surface area contributed by atoms with Crippen molar-refractivity contribution >= 4 is 40.8 Å². The lowest BCUT2D eigenvalue weighted by atomic mass is 10.1. The summed E-state index contributed by atoms with van der Waals surface area (Å²) in [6, 6.07) is 15.9. The van der Waals surface area contributed by atoms with Gasteiger partial charge in [0.05, 0.1) is 24.9 Å². The Morgan fingerprint density at radius 2 is 1.78 bits per heavy atom. The molecule has 1 saturated heterocycles. The number of imide groups is 1. The van der Waals surface area contributed by atoms with Crippen LogP contribution in [0.5, 0.6) is 0 Å². The smallest absolute Gasteiger partial charge is 0.332 e. The van der Waals surface area contributed by atoms with Gasteiger partial charge in [-0.25, -0.2) is 9.69 Å². The summed E-state index contributed by atoms with van der Waals surface area (Å²) in [6.07, 6.45) is 2.22. The minimum absolute atomic E-state index is 0.0742. The maximum Gasteiger partial charge on any atom is 0.332 e. The Morgan fingerprint density at radius 3 is 2.41 bits per heavy atom. The van der Waals surface area contributed by atoms with E-state index in [2.05, 4.69) is 12.2 Å². The number of rotatable bonds is 7. The molecule has 4 amide bonds. The minimum Gasteiger partial charge on any atom is -0.467 e. The maximum absolute atomic E-state index is 13.2. The molecule has 1 fully saturated rings. The van der Waals surface area contributed by atoms with Crippen molar-refractivity contribution in [2.75, 3.05) is 10.2 Å². The number of carbonyl (C=O) groups is 3. The van der Waals surface area contributed by atoms with Crippen molar-refractivity contribution in [3.05, 3.63) is 83.3 Å². The summed E-state index contributed by atoms with van der Waals surface area (Å²) in [5, 5.41) is 3.30. The van der Waals surface area contributed by atoms with Gasteiger partial charge in [0.15, 0.2) is 0 Å². The summed E-state index contributed by atoms with van der Waals surface area (Å²) in [6.45, 7) is 2.13. The Balaban J connectivity index is 1.56. The van der Waals surface area contributed by atoms with Gasteiger partial charge in [-0.05, 0) is 60.5 Å². The van der Waals surface area contributed by atoms with Crippen molar-refractivity contribution in [2.24, 2.45) is 0 Å². The fourth-order valence-corrected chi connectivity index (χ4v) is 3.75. The van der Waals surface area contributed by atoms with E-state index in [9.17, 15) is 14.4 Å². The molecule has 1 aliphatic heterocycles. The van der Waals surface area contributed by atoms with Crippen LogP contribution in [0.25, 0.3) is 0 Å². The molecule has 0 bridgehead atoms. The van der Waals surface area contributed by atoms with Gasteiger partial charge in [0, 0.05) is 10.7 Å². The molecule has 1 N–H and O–H groups in total. The van der Waals surface area contributed by atoms with Gasteiger partial charge in [-0.15, -0.1) is 0 Å². The number of nitrogens with one attached hydrogen (secondary N) is 1. The second-order valence-corrected chi connectivity index (χ2v) is 7.89. The quantitative estimate of drug-likeness (QED) is 0.520. The van der Waals surface area contributed by atoms with Crippen molar-refractivity contribution in [1.82, 2.24) is 4.90 Å². The first-order valence-corrected chi connectivity index (χ1v) is 10.7. The molecular formula is C24H22ClN3O4. The van der Waals surface area contributed by atoms with E-state index in [1.54, 1.807) is 36.4 Å². The molecule has 1 atom stereocenters. The van der Waals surface area contributed by atoms with Gasteiger partial charge in [-0.2, -0.15) is 0 Å². The van der Waals surface area contributed by atoms with Gasteiger partial charge >= 0.3 is 6.03 Å². The summed E-state index contributed by atoms with van der Waals surface area (Å²) in [5.41, 5.74) is 2.19. The predicted octanol–water partition coefficient (Wildman–Crippen LogP) is 4.86. The molecule has 4 rings (SSSR count). The third kappa shape index (κ3) is 4.53. The zero-order chi connectivity index (χ0) is 22.7. The highest BCUT2D eigenvalue weighted by Crippen LogP contribution is 2.29. The van der Waals surface area contributed by atoms with Gasteiger partial charge < -0.3 is 14.6 Å². The fraction of sp³-hybridized carbons (Fsp3) is 0.208. The number of hydrogen-bond acceptors (Lipinski definition) is 4. The van der Waals surface area contributed by atoms with Gasteiger partial charge in [0.25, 0.3) is 5.91 Å². The van der Waals surface area contributed by atoms with E-state index in [0.29, 0.717) is 22.2 Å². The lowest BCUT2D eigenvalue weighted by molar-refractivity contribution is -0.124. The van der Waals surface area contributed by atoms with Crippen LogP contribution in [0.2, 0.25) is 5.02 Å². The molecule has 32 heavy (non-hydrogen) atoms. The Kier molecular flexibility index (Phi) is 6.28. The van der Waals surface area contributed by atoms with Crippen molar-refractivity contribution in [2.45, 2.75) is 32.4 Å². The van der Waals surface area contributed by atoms with E-state index in [1.807, 2.05) is 24.3 Å². The second-order valence-electron chi connectivity index (χ2n) is 7.46. The van der Waals surface area contributed by atoms with Gasteiger partial charge in [-0.3, -0.25) is 9.59 Å². The molecule has 3 aromatic rings. The SMILES string of the molecule is CCc1ccc(NC(=O)C[C@H]2C(=O)N(c3ccc(Cl)cc3)C(=O)N2Cc2ccco2)cc1. The van der Waals surface area contributed by atoms with E-state index in [-0.39, 0.29) is 18.9 Å². The number of halogens is 1. The molecule has 2 heterocycles. The third-order valence-electron chi connectivity index (χ3n) is 5.33. The number of amides is 4. The number of hydrogen-bond donors (Lipinski definition) is 1. The molecule has 0 saturated carbocycles. The van der Waals surface area contributed by atoms with Crippen molar-refractivity contribution in [1.29, 1.82) is 0 Å². The summed E-state index contributed by atoms with van der Waals surface area (Å²) in [4.78, 5) is 41.6. The van der Waals surface area contributed by atoms with Crippen LogP contribution in [0.4, 0.5) is 16.2 Å².